The topological polar surface area (TPSA) is 21.6 Å². The van der Waals surface area contributed by atoms with Crippen LogP contribution in [0.25, 0.3) is 0 Å². The molecule has 138 valence electrons. The molecular weight excluding hydrogens is 349 g/mol. The highest BCUT2D eigenvalue weighted by Gasteiger charge is 2.14. The lowest BCUT2D eigenvalue weighted by molar-refractivity contribution is 0.303. The maximum Gasteiger partial charge on any atom is 0.123 e. The van der Waals surface area contributed by atoms with Crippen LogP contribution in [0.3, 0.4) is 0 Å². The summed E-state index contributed by atoms with van der Waals surface area (Å²) >= 11 is 0. The number of ether oxygens (including phenoxy) is 1. The van der Waals surface area contributed by atoms with Crippen molar-refractivity contribution in [3.63, 3.8) is 0 Å². The third-order valence-electron chi connectivity index (χ3n) is 4.47. The van der Waals surface area contributed by atoms with E-state index in [2.05, 4.69) is 73.4 Å². The van der Waals surface area contributed by atoms with Gasteiger partial charge in [0.1, 0.15) is 12.4 Å². The van der Waals surface area contributed by atoms with Gasteiger partial charge in [0, 0.05) is 24.5 Å². The van der Waals surface area contributed by atoms with Crippen LogP contribution in [0.2, 0.25) is 0 Å². The number of hydrogen-bond donors (Lipinski definition) is 0. The highest BCUT2D eigenvalue weighted by atomic mass is 31.1. The van der Waals surface area contributed by atoms with E-state index >= 15 is 0 Å². The molecule has 0 fully saturated rings. The number of aliphatic imine (C=N–C) groups is 1. The zero-order valence-electron chi connectivity index (χ0n) is 16.1. The van der Waals surface area contributed by atoms with Crippen molar-refractivity contribution in [3.05, 3.63) is 95.1 Å². The van der Waals surface area contributed by atoms with Crippen LogP contribution in [-0.2, 0) is 6.61 Å². The van der Waals surface area contributed by atoms with Crippen molar-refractivity contribution >= 4 is 20.1 Å². The van der Waals surface area contributed by atoms with Crippen molar-refractivity contribution < 1.29 is 4.74 Å². The van der Waals surface area contributed by atoms with Gasteiger partial charge in [-0.2, -0.15) is 0 Å². The molecule has 0 saturated carbocycles. The molecule has 0 N–H and O–H groups in total. The molecule has 0 aliphatic heterocycles. The summed E-state index contributed by atoms with van der Waals surface area (Å²) in [4.78, 5) is 4.20. The minimum absolute atomic E-state index is 0.377. The molecule has 3 rings (SSSR count). The van der Waals surface area contributed by atoms with E-state index in [9.17, 15) is 0 Å². The lowest BCUT2D eigenvalue weighted by Gasteiger charge is -2.19. The molecule has 0 radical (unpaired) electrons. The van der Waals surface area contributed by atoms with Gasteiger partial charge in [-0.25, -0.2) is 0 Å². The maximum absolute atomic E-state index is 6.19. The molecule has 2 atom stereocenters. The summed E-state index contributed by atoms with van der Waals surface area (Å²) in [5, 5.41) is 1.34. The Kier molecular flexibility index (Phi) is 6.79. The van der Waals surface area contributed by atoms with Crippen molar-refractivity contribution in [3.8, 4) is 5.75 Å². The van der Waals surface area contributed by atoms with Gasteiger partial charge in [0.15, 0.2) is 0 Å². The quantitative estimate of drug-likeness (QED) is 0.384. The van der Waals surface area contributed by atoms with E-state index in [1.165, 1.54) is 27.6 Å². The molecule has 0 heterocycles. The van der Waals surface area contributed by atoms with Gasteiger partial charge in [-0.1, -0.05) is 87.8 Å². The lowest BCUT2D eigenvalue weighted by Crippen LogP contribution is -2.06. The fourth-order valence-electron chi connectivity index (χ4n) is 3.06. The Balaban J connectivity index is 1.81. The van der Waals surface area contributed by atoms with Crippen molar-refractivity contribution in [2.45, 2.75) is 26.1 Å². The van der Waals surface area contributed by atoms with Gasteiger partial charge in [0.2, 0.25) is 0 Å². The van der Waals surface area contributed by atoms with E-state index in [4.69, 9.17) is 4.74 Å². The number of aryl methyl sites for hydroxylation is 1. The molecule has 2 nitrogen and oxygen atoms in total. The average molecular weight is 375 g/mol. The number of benzene rings is 3. The summed E-state index contributed by atoms with van der Waals surface area (Å²) in [6, 6.07) is 25.3. The molecule has 0 aliphatic rings. The highest BCUT2D eigenvalue weighted by molar-refractivity contribution is 7.47. The van der Waals surface area contributed by atoms with Crippen LogP contribution in [0.5, 0.6) is 5.75 Å². The van der Waals surface area contributed by atoms with E-state index in [-0.39, 0.29) is 0 Å². The molecule has 0 amide bonds. The number of nitrogens with zero attached hydrogens (tertiary/aromatic N) is 1. The van der Waals surface area contributed by atoms with E-state index in [0.717, 1.165) is 5.75 Å². The van der Waals surface area contributed by atoms with Crippen LogP contribution < -0.4 is 10.0 Å². The molecule has 0 aliphatic carbocycles. The minimum Gasteiger partial charge on any atom is -0.489 e. The Labute approximate surface area is 164 Å². The lowest BCUT2D eigenvalue weighted by atomic mass is 10.1. The first-order chi connectivity index (χ1) is 13.2. The maximum atomic E-state index is 6.19. The second-order valence-corrected chi connectivity index (χ2v) is 8.35. The zero-order chi connectivity index (χ0) is 19.1. The largest absolute Gasteiger partial charge is 0.489 e. The molecule has 27 heavy (non-hydrogen) atoms. The smallest absolute Gasteiger partial charge is 0.123 e. The van der Waals surface area contributed by atoms with Gasteiger partial charge in [0.05, 0.1) is 0 Å². The molecule has 0 aromatic heterocycles. The first-order valence-electron chi connectivity index (χ1n) is 9.22. The predicted molar refractivity (Wildman–Crippen MR) is 118 cm³/mol. The molecule has 0 bridgehead atoms. The highest BCUT2D eigenvalue weighted by Crippen LogP contribution is 2.39. The molecule has 3 heteroatoms. The summed E-state index contributed by atoms with van der Waals surface area (Å²) in [7, 11) is 2.48. The molecular formula is C24H26NOP. The van der Waals surface area contributed by atoms with Crippen LogP contribution in [0.4, 0.5) is 0 Å². The Hall–Kier alpha value is -2.44. The minimum atomic E-state index is 0.377. The third kappa shape index (κ3) is 5.28. The normalized spacial score (nSPS) is 12.7. The van der Waals surface area contributed by atoms with Gasteiger partial charge < -0.3 is 4.74 Å². The van der Waals surface area contributed by atoms with Crippen molar-refractivity contribution in [2.24, 2.45) is 4.99 Å². The van der Waals surface area contributed by atoms with Crippen LogP contribution >= 0.6 is 8.58 Å². The Morgan fingerprint density at radius 3 is 2.52 bits per heavy atom. The van der Waals surface area contributed by atoms with Gasteiger partial charge in [-0.15, -0.1) is 0 Å². The molecule has 3 aromatic carbocycles. The van der Waals surface area contributed by atoms with Crippen LogP contribution in [0, 0.1) is 6.92 Å². The van der Waals surface area contributed by atoms with Crippen molar-refractivity contribution in [2.75, 3.05) is 7.05 Å². The predicted octanol–water partition coefficient (Wildman–Crippen LogP) is 5.69. The zero-order valence-corrected chi connectivity index (χ0v) is 17.1. The first kappa shape index (κ1) is 19.3. The summed E-state index contributed by atoms with van der Waals surface area (Å²) in [5.74, 6) is 0.978. The van der Waals surface area contributed by atoms with Gasteiger partial charge in [0.25, 0.3) is 0 Å². The third-order valence-corrected chi connectivity index (χ3v) is 5.98. The summed E-state index contributed by atoms with van der Waals surface area (Å²) < 4.78 is 6.19. The molecule has 0 spiro atoms. The monoisotopic (exact) mass is 375 g/mol. The van der Waals surface area contributed by atoms with Gasteiger partial charge in [-0.3, -0.25) is 4.99 Å². The fraction of sp³-hybridized carbons (Fsp3) is 0.208. The second-order valence-electron chi connectivity index (χ2n) is 6.66. The molecule has 3 aromatic rings. The Bertz CT molecular complexity index is 905. The standard InChI is InChI=1S/C24H26NOP/c1-18-13-14-23(26-17-20-9-5-4-6-10-20)22(15-18)19(2)27-24-12-8-7-11-21(24)16-25-3/h4-16,19,27H,17H2,1-3H3. The van der Waals surface area contributed by atoms with Crippen LogP contribution in [0.15, 0.2) is 77.8 Å². The van der Waals surface area contributed by atoms with E-state index in [1.54, 1.807) is 0 Å². The van der Waals surface area contributed by atoms with Crippen LogP contribution in [-0.4, -0.2) is 13.3 Å². The SMILES string of the molecule is CN=Cc1ccccc1PC(C)c1cc(C)ccc1OCc1ccccc1. The Morgan fingerprint density at radius 1 is 1.00 bits per heavy atom. The Morgan fingerprint density at radius 2 is 1.74 bits per heavy atom. The van der Waals surface area contributed by atoms with Crippen molar-refractivity contribution in [1.29, 1.82) is 0 Å². The van der Waals surface area contributed by atoms with Crippen LogP contribution in [0.1, 0.15) is 34.8 Å². The van der Waals surface area contributed by atoms with Gasteiger partial charge >= 0.3 is 0 Å². The fourth-order valence-corrected chi connectivity index (χ4v) is 4.42. The van der Waals surface area contributed by atoms with Gasteiger partial charge in [-0.05, 0) is 29.4 Å². The van der Waals surface area contributed by atoms with E-state index in [0.29, 0.717) is 20.8 Å². The first-order valence-corrected chi connectivity index (χ1v) is 10.3. The van der Waals surface area contributed by atoms with Crippen molar-refractivity contribution in [1.82, 2.24) is 0 Å². The molecule has 2 unspecified atom stereocenters. The summed E-state index contributed by atoms with van der Waals surface area (Å²) in [5.41, 5.74) is 5.29. The number of hydrogen-bond acceptors (Lipinski definition) is 2. The molecule has 0 saturated heterocycles. The van der Waals surface area contributed by atoms with E-state index < -0.39 is 0 Å². The van der Waals surface area contributed by atoms with E-state index in [1.807, 2.05) is 31.5 Å². The average Bonchev–Trinajstić information content (AvgIpc) is 2.69. The summed E-state index contributed by atoms with van der Waals surface area (Å²) in [6.07, 6.45) is 1.94. The summed E-state index contributed by atoms with van der Waals surface area (Å²) in [6.45, 7) is 5.01. The number of rotatable bonds is 7. The second kappa shape index (κ2) is 9.48.